The molecule has 3 rings (SSSR count). The second kappa shape index (κ2) is 5.85. The molecule has 2 aromatic carbocycles. The van der Waals surface area contributed by atoms with Crippen LogP contribution in [-0.2, 0) is 16.6 Å². The largest absolute Gasteiger partial charge is 0.270 e. The van der Waals surface area contributed by atoms with Crippen LogP contribution >= 0.6 is 0 Å². The summed E-state index contributed by atoms with van der Waals surface area (Å²) in [6.07, 6.45) is 0. The lowest BCUT2D eigenvalue weighted by Gasteiger charge is -2.16. The molecule has 7 heteroatoms. The minimum absolute atomic E-state index is 0.0309. The van der Waals surface area contributed by atoms with Crippen LogP contribution in [0, 0.1) is 0 Å². The van der Waals surface area contributed by atoms with Crippen molar-refractivity contribution in [1.82, 2.24) is 9.21 Å². The van der Waals surface area contributed by atoms with Crippen LogP contribution in [0.3, 0.4) is 0 Å². The molecule has 2 aromatic rings. The number of nitrogens with zero attached hydrogens (tertiary/aromatic N) is 2. The van der Waals surface area contributed by atoms with Crippen LogP contribution in [0.5, 0.6) is 0 Å². The van der Waals surface area contributed by atoms with Gasteiger partial charge in [-0.15, -0.1) is 0 Å². The standard InChI is InChI=1S/C17H16N2O4S/c1-18(2)24(22,23)13-7-5-6-12(10-13)11-19-16(20)14-8-3-4-9-15(14)17(19)21/h3-10H,11H2,1-2H3. The first kappa shape index (κ1) is 16.4. The van der Waals surface area contributed by atoms with Gasteiger partial charge in [-0.3, -0.25) is 14.5 Å². The fraction of sp³-hybridized carbons (Fsp3) is 0.176. The fourth-order valence-corrected chi connectivity index (χ4v) is 3.55. The summed E-state index contributed by atoms with van der Waals surface area (Å²) in [4.78, 5) is 26.0. The Hall–Kier alpha value is -2.51. The van der Waals surface area contributed by atoms with E-state index < -0.39 is 10.0 Å². The number of benzene rings is 2. The van der Waals surface area contributed by atoms with Gasteiger partial charge in [0.05, 0.1) is 22.6 Å². The van der Waals surface area contributed by atoms with Crippen molar-refractivity contribution in [3.63, 3.8) is 0 Å². The average Bonchev–Trinajstić information content (AvgIpc) is 2.80. The van der Waals surface area contributed by atoms with Crippen molar-refractivity contribution in [3.05, 3.63) is 65.2 Å². The lowest BCUT2D eigenvalue weighted by Crippen LogP contribution is -2.29. The normalized spacial score (nSPS) is 14.4. The van der Waals surface area contributed by atoms with Crippen molar-refractivity contribution in [2.45, 2.75) is 11.4 Å². The van der Waals surface area contributed by atoms with Gasteiger partial charge in [0.15, 0.2) is 0 Å². The van der Waals surface area contributed by atoms with Gasteiger partial charge in [-0.2, -0.15) is 0 Å². The Morgan fingerprint density at radius 2 is 1.50 bits per heavy atom. The molecule has 0 N–H and O–H groups in total. The Labute approximate surface area is 140 Å². The van der Waals surface area contributed by atoms with Crippen LogP contribution in [0.25, 0.3) is 0 Å². The lowest BCUT2D eigenvalue weighted by atomic mass is 10.1. The topological polar surface area (TPSA) is 74.8 Å². The second-order valence-corrected chi connectivity index (χ2v) is 7.83. The van der Waals surface area contributed by atoms with E-state index in [1.165, 1.54) is 26.2 Å². The summed E-state index contributed by atoms with van der Waals surface area (Å²) in [5.41, 5.74) is 1.33. The minimum atomic E-state index is -3.57. The molecule has 0 bridgehead atoms. The van der Waals surface area contributed by atoms with Crippen molar-refractivity contribution in [2.24, 2.45) is 0 Å². The summed E-state index contributed by atoms with van der Waals surface area (Å²) in [5.74, 6) is -0.729. The van der Waals surface area contributed by atoms with E-state index in [0.29, 0.717) is 16.7 Å². The van der Waals surface area contributed by atoms with Crippen LogP contribution < -0.4 is 0 Å². The van der Waals surface area contributed by atoms with Crippen molar-refractivity contribution in [1.29, 1.82) is 0 Å². The molecule has 0 aromatic heterocycles. The van der Waals surface area contributed by atoms with Crippen LogP contribution in [0.1, 0.15) is 26.3 Å². The van der Waals surface area contributed by atoms with Crippen LogP contribution in [0.4, 0.5) is 0 Å². The molecule has 0 spiro atoms. The molecule has 6 nitrogen and oxygen atoms in total. The highest BCUT2D eigenvalue weighted by Crippen LogP contribution is 2.25. The van der Waals surface area contributed by atoms with Gasteiger partial charge in [0, 0.05) is 14.1 Å². The molecule has 1 aliphatic rings. The molecule has 0 radical (unpaired) electrons. The minimum Gasteiger partial charge on any atom is -0.270 e. The van der Waals surface area contributed by atoms with Gasteiger partial charge < -0.3 is 0 Å². The number of carbonyl (C=O) groups excluding carboxylic acids is 2. The summed E-state index contributed by atoms with van der Waals surface area (Å²) >= 11 is 0. The zero-order valence-electron chi connectivity index (χ0n) is 13.3. The van der Waals surface area contributed by atoms with Gasteiger partial charge in [-0.1, -0.05) is 24.3 Å². The smallest absolute Gasteiger partial charge is 0.261 e. The van der Waals surface area contributed by atoms with E-state index in [1.807, 2.05) is 0 Å². The molecular weight excluding hydrogens is 328 g/mol. The van der Waals surface area contributed by atoms with E-state index in [1.54, 1.807) is 36.4 Å². The molecule has 124 valence electrons. The van der Waals surface area contributed by atoms with Crippen molar-refractivity contribution in [2.75, 3.05) is 14.1 Å². The Bertz CT molecular complexity index is 900. The number of hydrogen-bond acceptors (Lipinski definition) is 4. The number of rotatable bonds is 4. The highest BCUT2D eigenvalue weighted by atomic mass is 32.2. The molecule has 0 saturated carbocycles. The maximum atomic E-state index is 12.4. The van der Waals surface area contributed by atoms with E-state index in [4.69, 9.17) is 0 Å². The third kappa shape index (κ3) is 2.61. The molecule has 0 fully saturated rings. The third-order valence-electron chi connectivity index (χ3n) is 3.90. The van der Waals surface area contributed by atoms with E-state index in [0.717, 1.165) is 9.21 Å². The summed E-state index contributed by atoms with van der Waals surface area (Å²) in [5, 5.41) is 0. The molecule has 2 amide bonds. The van der Waals surface area contributed by atoms with Crippen LogP contribution in [-0.4, -0.2) is 43.5 Å². The Morgan fingerprint density at radius 1 is 0.917 bits per heavy atom. The molecule has 0 saturated heterocycles. The maximum absolute atomic E-state index is 12.4. The number of carbonyl (C=O) groups is 2. The monoisotopic (exact) mass is 344 g/mol. The lowest BCUT2D eigenvalue weighted by molar-refractivity contribution is 0.0642. The number of fused-ring (bicyclic) bond motifs is 1. The first-order chi connectivity index (χ1) is 11.3. The molecule has 1 heterocycles. The predicted octanol–water partition coefficient (Wildman–Crippen LogP) is 1.73. The molecule has 0 atom stereocenters. The summed E-state index contributed by atoms with van der Waals surface area (Å²) in [7, 11) is -0.668. The van der Waals surface area contributed by atoms with Gasteiger partial charge >= 0.3 is 0 Å². The highest BCUT2D eigenvalue weighted by Gasteiger charge is 2.35. The number of imide groups is 1. The second-order valence-electron chi connectivity index (χ2n) is 5.68. The van der Waals surface area contributed by atoms with Crippen molar-refractivity contribution >= 4 is 21.8 Å². The van der Waals surface area contributed by atoms with Crippen molar-refractivity contribution in [3.8, 4) is 0 Å². The molecule has 24 heavy (non-hydrogen) atoms. The number of hydrogen-bond donors (Lipinski definition) is 0. The zero-order chi connectivity index (χ0) is 17.5. The van der Waals surface area contributed by atoms with E-state index >= 15 is 0 Å². The van der Waals surface area contributed by atoms with Gasteiger partial charge in [0.25, 0.3) is 11.8 Å². The van der Waals surface area contributed by atoms with Crippen LogP contribution in [0.2, 0.25) is 0 Å². The first-order valence-corrected chi connectivity index (χ1v) is 8.73. The predicted molar refractivity (Wildman–Crippen MR) is 88.0 cm³/mol. The van der Waals surface area contributed by atoms with Gasteiger partial charge in [0.1, 0.15) is 0 Å². The Balaban J connectivity index is 1.91. The van der Waals surface area contributed by atoms with E-state index in [2.05, 4.69) is 0 Å². The van der Waals surface area contributed by atoms with E-state index in [9.17, 15) is 18.0 Å². The Kier molecular flexibility index (Phi) is 3.98. The highest BCUT2D eigenvalue weighted by molar-refractivity contribution is 7.89. The Morgan fingerprint density at radius 3 is 2.04 bits per heavy atom. The van der Waals surface area contributed by atoms with E-state index in [-0.39, 0.29) is 23.3 Å². The van der Waals surface area contributed by atoms with Crippen LogP contribution in [0.15, 0.2) is 53.4 Å². The maximum Gasteiger partial charge on any atom is 0.261 e. The summed E-state index contributed by atoms with van der Waals surface area (Å²) in [6.45, 7) is 0.0309. The molecule has 1 aliphatic heterocycles. The van der Waals surface area contributed by atoms with Crippen molar-refractivity contribution < 1.29 is 18.0 Å². The number of sulfonamides is 1. The molecule has 0 aliphatic carbocycles. The number of amides is 2. The molecule has 0 unspecified atom stereocenters. The third-order valence-corrected chi connectivity index (χ3v) is 5.71. The van der Waals surface area contributed by atoms with Gasteiger partial charge in [-0.25, -0.2) is 12.7 Å². The first-order valence-electron chi connectivity index (χ1n) is 7.29. The van der Waals surface area contributed by atoms with Gasteiger partial charge in [-0.05, 0) is 29.8 Å². The zero-order valence-corrected chi connectivity index (χ0v) is 14.1. The molecular formula is C17H16N2O4S. The summed E-state index contributed by atoms with van der Waals surface area (Å²) in [6, 6.07) is 12.9. The summed E-state index contributed by atoms with van der Waals surface area (Å²) < 4.78 is 25.5. The SMILES string of the molecule is CN(C)S(=O)(=O)c1cccc(CN2C(=O)c3ccccc3C2=O)c1. The quantitative estimate of drug-likeness (QED) is 0.792. The fourth-order valence-electron chi connectivity index (χ4n) is 2.58. The van der Waals surface area contributed by atoms with Gasteiger partial charge in [0.2, 0.25) is 10.0 Å². The average molecular weight is 344 g/mol.